The minimum atomic E-state index is -0.479. The Morgan fingerprint density at radius 2 is 1.41 bits per heavy atom. The van der Waals surface area contributed by atoms with E-state index in [4.69, 9.17) is 14.2 Å². The highest BCUT2D eigenvalue weighted by molar-refractivity contribution is 5.68. The Morgan fingerprint density at radius 1 is 0.756 bits per heavy atom. The summed E-state index contributed by atoms with van der Waals surface area (Å²) in [4.78, 5) is 14.2. The van der Waals surface area contributed by atoms with Gasteiger partial charge in [0, 0.05) is 31.8 Å². The Labute approximate surface area is 245 Å². The number of piperidine rings is 1. The highest BCUT2D eigenvalue weighted by atomic mass is 16.6. The Balaban J connectivity index is 1.32. The standard InChI is InChI=1S/C36H45NO4/c1-35(2,3)40-30-17-19-32-27(24-30)14-18-31(25-10-8-7-9-11-25)33(32)26-12-15-28(16-13-26)39-29-20-22-37(23-21-29)34(38)41-36(4,5)6/h7-13,15-17,19,24,29,31,33H,14,18,20-23H2,1-6H3. The summed E-state index contributed by atoms with van der Waals surface area (Å²) in [5, 5.41) is 0. The molecule has 1 aliphatic carbocycles. The summed E-state index contributed by atoms with van der Waals surface area (Å²) in [6.45, 7) is 13.3. The molecule has 1 saturated heterocycles. The molecular formula is C36H45NO4. The van der Waals surface area contributed by atoms with Gasteiger partial charge in [0.05, 0.1) is 0 Å². The number of hydrogen-bond donors (Lipinski definition) is 0. The number of rotatable bonds is 5. The van der Waals surface area contributed by atoms with Gasteiger partial charge in [-0.05, 0) is 107 Å². The number of amides is 1. The summed E-state index contributed by atoms with van der Waals surface area (Å²) in [5.41, 5.74) is 4.74. The second-order valence-corrected chi connectivity index (χ2v) is 13.5. The molecule has 0 saturated carbocycles. The van der Waals surface area contributed by atoms with Gasteiger partial charge in [-0.1, -0.05) is 48.5 Å². The van der Waals surface area contributed by atoms with E-state index in [-0.39, 0.29) is 23.7 Å². The lowest BCUT2D eigenvalue weighted by molar-refractivity contribution is 0.0126. The summed E-state index contributed by atoms with van der Waals surface area (Å²) < 4.78 is 18.1. The van der Waals surface area contributed by atoms with Crippen LogP contribution in [-0.4, -0.2) is 41.4 Å². The Hall–Kier alpha value is -3.47. The lowest BCUT2D eigenvalue weighted by atomic mass is 9.69. The van der Waals surface area contributed by atoms with E-state index in [2.05, 4.69) is 93.6 Å². The summed E-state index contributed by atoms with van der Waals surface area (Å²) in [7, 11) is 0. The van der Waals surface area contributed by atoms with Crippen LogP contribution < -0.4 is 9.47 Å². The zero-order valence-corrected chi connectivity index (χ0v) is 25.5. The lowest BCUT2D eigenvalue weighted by Gasteiger charge is -2.35. The molecule has 1 amide bonds. The number of benzene rings is 3. The molecule has 3 aromatic carbocycles. The van der Waals surface area contributed by atoms with E-state index in [9.17, 15) is 4.79 Å². The summed E-state index contributed by atoms with van der Waals surface area (Å²) in [5.74, 6) is 2.48. The number of ether oxygens (including phenoxy) is 3. The third-order valence-electron chi connectivity index (χ3n) is 7.86. The fourth-order valence-corrected chi connectivity index (χ4v) is 6.11. The number of carbonyl (C=O) groups excluding carboxylic acids is 1. The Morgan fingerprint density at radius 3 is 2.05 bits per heavy atom. The predicted molar refractivity (Wildman–Crippen MR) is 164 cm³/mol. The fraction of sp³-hybridized carbons (Fsp3) is 0.472. The smallest absolute Gasteiger partial charge is 0.410 e. The van der Waals surface area contributed by atoms with E-state index in [0.29, 0.717) is 19.0 Å². The molecule has 0 radical (unpaired) electrons. The SMILES string of the molecule is CC(C)(C)OC(=O)N1CCC(Oc2ccc(C3c4ccc(OC(C)(C)C)cc4CCC3c3ccccc3)cc2)CC1. The van der Waals surface area contributed by atoms with Crippen LogP contribution in [0.25, 0.3) is 0 Å². The molecule has 1 heterocycles. The van der Waals surface area contributed by atoms with Crippen molar-refractivity contribution in [1.82, 2.24) is 4.90 Å². The molecule has 218 valence electrons. The number of aryl methyl sites for hydroxylation is 1. The van der Waals surface area contributed by atoms with Crippen LogP contribution in [-0.2, 0) is 11.2 Å². The quantitative estimate of drug-likeness (QED) is 0.317. The third-order valence-corrected chi connectivity index (χ3v) is 7.86. The van der Waals surface area contributed by atoms with Crippen molar-refractivity contribution in [3.63, 3.8) is 0 Å². The minimum absolute atomic E-state index is 0.0910. The van der Waals surface area contributed by atoms with E-state index < -0.39 is 5.60 Å². The van der Waals surface area contributed by atoms with Crippen LogP contribution in [0.4, 0.5) is 4.79 Å². The topological polar surface area (TPSA) is 48.0 Å². The van der Waals surface area contributed by atoms with Crippen molar-refractivity contribution < 1.29 is 19.0 Å². The average molecular weight is 556 g/mol. The van der Waals surface area contributed by atoms with Gasteiger partial charge in [0.15, 0.2) is 0 Å². The van der Waals surface area contributed by atoms with Crippen LogP contribution in [0.5, 0.6) is 11.5 Å². The molecule has 0 spiro atoms. The van der Waals surface area contributed by atoms with Crippen molar-refractivity contribution >= 4 is 6.09 Å². The molecule has 2 atom stereocenters. The van der Waals surface area contributed by atoms with Crippen molar-refractivity contribution in [3.8, 4) is 11.5 Å². The first-order chi connectivity index (χ1) is 19.4. The summed E-state index contributed by atoms with van der Waals surface area (Å²) >= 11 is 0. The molecule has 5 rings (SSSR count). The first-order valence-electron chi connectivity index (χ1n) is 15.1. The number of nitrogens with zero attached hydrogens (tertiary/aromatic N) is 1. The normalized spacial score (nSPS) is 19.8. The van der Waals surface area contributed by atoms with Crippen molar-refractivity contribution in [1.29, 1.82) is 0 Å². The maximum absolute atomic E-state index is 12.4. The molecule has 0 aromatic heterocycles. The van der Waals surface area contributed by atoms with Gasteiger partial charge in [-0.3, -0.25) is 0 Å². The van der Waals surface area contributed by atoms with Crippen molar-refractivity contribution in [3.05, 3.63) is 95.1 Å². The number of likely N-dealkylation sites (tertiary alicyclic amines) is 1. The van der Waals surface area contributed by atoms with Crippen molar-refractivity contribution in [2.75, 3.05) is 13.1 Å². The van der Waals surface area contributed by atoms with Gasteiger partial charge in [-0.25, -0.2) is 4.79 Å². The van der Waals surface area contributed by atoms with Crippen molar-refractivity contribution in [2.24, 2.45) is 0 Å². The van der Waals surface area contributed by atoms with Crippen LogP contribution in [0, 0.1) is 0 Å². The lowest BCUT2D eigenvalue weighted by Crippen LogP contribution is -2.44. The second-order valence-electron chi connectivity index (χ2n) is 13.5. The first kappa shape index (κ1) is 29.0. The average Bonchev–Trinajstić information content (AvgIpc) is 2.92. The van der Waals surface area contributed by atoms with Gasteiger partial charge in [-0.2, -0.15) is 0 Å². The van der Waals surface area contributed by atoms with E-state index >= 15 is 0 Å². The Bertz CT molecular complexity index is 1310. The molecule has 41 heavy (non-hydrogen) atoms. The van der Waals surface area contributed by atoms with Gasteiger partial charge in [-0.15, -0.1) is 0 Å². The second kappa shape index (κ2) is 11.8. The molecule has 5 nitrogen and oxygen atoms in total. The summed E-state index contributed by atoms with van der Waals surface area (Å²) in [6, 6.07) is 26.3. The summed E-state index contributed by atoms with van der Waals surface area (Å²) in [6.07, 6.45) is 3.58. The molecule has 0 bridgehead atoms. The molecule has 0 N–H and O–H groups in total. The molecule has 2 unspecified atom stereocenters. The molecule has 3 aromatic rings. The van der Waals surface area contributed by atoms with Crippen LogP contribution in [0.3, 0.4) is 0 Å². The molecule has 1 fully saturated rings. The van der Waals surface area contributed by atoms with Gasteiger partial charge in [0.2, 0.25) is 0 Å². The predicted octanol–water partition coefficient (Wildman–Crippen LogP) is 8.50. The fourth-order valence-electron chi connectivity index (χ4n) is 6.11. The zero-order valence-electron chi connectivity index (χ0n) is 25.5. The van der Waals surface area contributed by atoms with E-state index in [1.54, 1.807) is 4.90 Å². The molecule has 5 heteroatoms. The number of hydrogen-bond acceptors (Lipinski definition) is 4. The van der Waals surface area contributed by atoms with E-state index in [0.717, 1.165) is 37.2 Å². The van der Waals surface area contributed by atoms with Crippen LogP contribution >= 0.6 is 0 Å². The molecular weight excluding hydrogens is 510 g/mol. The van der Waals surface area contributed by atoms with E-state index in [1.165, 1.54) is 22.3 Å². The van der Waals surface area contributed by atoms with Crippen LogP contribution in [0.2, 0.25) is 0 Å². The van der Waals surface area contributed by atoms with Crippen LogP contribution in [0.15, 0.2) is 72.8 Å². The third kappa shape index (κ3) is 7.44. The molecule has 1 aliphatic heterocycles. The highest BCUT2D eigenvalue weighted by Crippen LogP contribution is 2.47. The largest absolute Gasteiger partial charge is 0.490 e. The van der Waals surface area contributed by atoms with Gasteiger partial charge < -0.3 is 19.1 Å². The van der Waals surface area contributed by atoms with Crippen molar-refractivity contribution in [2.45, 2.75) is 96.4 Å². The minimum Gasteiger partial charge on any atom is -0.490 e. The zero-order chi connectivity index (χ0) is 29.2. The maximum atomic E-state index is 12.4. The maximum Gasteiger partial charge on any atom is 0.410 e. The Kier molecular flexibility index (Phi) is 8.35. The monoisotopic (exact) mass is 555 g/mol. The highest BCUT2D eigenvalue weighted by Gasteiger charge is 2.33. The van der Waals surface area contributed by atoms with E-state index in [1.807, 2.05) is 20.8 Å². The number of carbonyl (C=O) groups is 1. The first-order valence-corrected chi connectivity index (χ1v) is 15.1. The van der Waals surface area contributed by atoms with Gasteiger partial charge in [0.1, 0.15) is 28.8 Å². The van der Waals surface area contributed by atoms with Gasteiger partial charge in [0.25, 0.3) is 0 Å². The van der Waals surface area contributed by atoms with Crippen LogP contribution in [0.1, 0.15) is 94.9 Å². The number of fused-ring (bicyclic) bond motifs is 1. The van der Waals surface area contributed by atoms with Gasteiger partial charge >= 0.3 is 6.09 Å². The molecule has 2 aliphatic rings.